The summed E-state index contributed by atoms with van der Waals surface area (Å²) in [6.07, 6.45) is 0. The number of aryl methyl sites for hydroxylation is 1. The number of anilines is 2. The Morgan fingerprint density at radius 1 is 0.815 bits per heavy atom. The van der Waals surface area contributed by atoms with Gasteiger partial charge in [-0.1, -0.05) is 58.0 Å². The van der Waals surface area contributed by atoms with Gasteiger partial charge in [-0.3, -0.25) is 0 Å². The number of hydrogen-bond donors (Lipinski definition) is 0. The highest BCUT2D eigenvalue weighted by Crippen LogP contribution is 2.38. The van der Waals surface area contributed by atoms with Crippen LogP contribution in [0.5, 0.6) is 0 Å². The summed E-state index contributed by atoms with van der Waals surface area (Å²) in [5, 5.41) is 3.45. The molecule has 27 heavy (non-hydrogen) atoms. The molecule has 2 aromatic carbocycles. The maximum atomic E-state index is 6.31. The van der Waals surface area contributed by atoms with Crippen molar-refractivity contribution in [3.63, 3.8) is 0 Å². The van der Waals surface area contributed by atoms with Crippen molar-refractivity contribution in [1.82, 2.24) is 9.97 Å². The molecule has 0 spiro atoms. The Kier molecular flexibility index (Phi) is 4.39. The van der Waals surface area contributed by atoms with Crippen LogP contribution in [0.25, 0.3) is 20.4 Å². The predicted molar refractivity (Wildman–Crippen MR) is 118 cm³/mol. The molecule has 2 aromatic heterocycles. The van der Waals surface area contributed by atoms with E-state index < -0.39 is 0 Å². The summed E-state index contributed by atoms with van der Waals surface area (Å²) in [7, 11) is 0. The molecule has 0 amide bonds. The number of rotatable bonds is 2. The fourth-order valence-electron chi connectivity index (χ4n) is 3.37. The second-order valence-corrected chi connectivity index (χ2v) is 9.40. The van der Waals surface area contributed by atoms with E-state index in [2.05, 4.69) is 34.9 Å². The smallest absolute Gasteiger partial charge is 0.186 e. The predicted octanol–water partition coefficient (Wildman–Crippen LogP) is 5.85. The first-order valence-electron chi connectivity index (χ1n) is 8.71. The summed E-state index contributed by atoms with van der Waals surface area (Å²) in [4.78, 5) is 14.3. The molecule has 0 N–H and O–H groups in total. The quantitative estimate of drug-likeness (QED) is 0.396. The standard InChI is InChI=1S/C19H16Cl2N4S2/c1-11-3-2-4-14-15(11)22-18(26-14)24-7-9-25(10-8-24)19-23-16-12(20)5-6-13(21)17(16)27-19/h2-6H,7-10H2,1H3. The fourth-order valence-corrected chi connectivity index (χ4v) is 6.04. The molecule has 0 bridgehead atoms. The highest BCUT2D eigenvalue weighted by atomic mass is 35.5. The topological polar surface area (TPSA) is 32.3 Å². The van der Waals surface area contributed by atoms with E-state index >= 15 is 0 Å². The lowest BCUT2D eigenvalue weighted by Gasteiger charge is -2.34. The lowest BCUT2D eigenvalue weighted by atomic mass is 10.2. The minimum absolute atomic E-state index is 0.653. The van der Waals surface area contributed by atoms with Gasteiger partial charge in [0.15, 0.2) is 10.3 Å². The summed E-state index contributed by atoms with van der Waals surface area (Å²) >= 11 is 16.0. The molecule has 4 nitrogen and oxygen atoms in total. The van der Waals surface area contributed by atoms with E-state index in [0.29, 0.717) is 10.0 Å². The molecule has 0 radical (unpaired) electrons. The first kappa shape index (κ1) is 17.5. The van der Waals surface area contributed by atoms with Gasteiger partial charge in [0.25, 0.3) is 0 Å². The van der Waals surface area contributed by atoms with Gasteiger partial charge in [-0.15, -0.1) is 0 Å². The zero-order chi connectivity index (χ0) is 18.5. The molecule has 8 heteroatoms. The average molecular weight is 435 g/mol. The van der Waals surface area contributed by atoms with Crippen LogP contribution in [0.1, 0.15) is 5.56 Å². The normalized spacial score (nSPS) is 15.2. The number of hydrogen-bond acceptors (Lipinski definition) is 6. The summed E-state index contributed by atoms with van der Waals surface area (Å²) in [6, 6.07) is 10.0. The van der Waals surface area contributed by atoms with Gasteiger partial charge in [-0.05, 0) is 30.7 Å². The molecule has 1 saturated heterocycles. The maximum absolute atomic E-state index is 6.31. The number of fused-ring (bicyclic) bond motifs is 2. The van der Waals surface area contributed by atoms with E-state index in [4.69, 9.17) is 33.2 Å². The van der Waals surface area contributed by atoms with Gasteiger partial charge in [0.05, 0.1) is 25.0 Å². The van der Waals surface area contributed by atoms with Crippen LogP contribution in [0, 0.1) is 6.92 Å². The van der Waals surface area contributed by atoms with Crippen molar-refractivity contribution in [2.24, 2.45) is 0 Å². The number of para-hydroxylation sites is 1. The van der Waals surface area contributed by atoms with Crippen LogP contribution < -0.4 is 9.80 Å². The van der Waals surface area contributed by atoms with Crippen LogP contribution in [-0.2, 0) is 0 Å². The van der Waals surface area contributed by atoms with Crippen molar-refractivity contribution in [2.75, 3.05) is 36.0 Å². The summed E-state index contributed by atoms with van der Waals surface area (Å²) in [5.74, 6) is 0. The lowest BCUT2D eigenvalue weighted by molar-refractivity contribution is 0.651. The molecular weight excluding hydrogens is 419 g/mol. The molecule has 0 unspecified atom stereocenters. The van der Waals surface area contributed by atoms with Crippen LogP contribution in [0.3, 0.4) is 0 Å². The van der Waals surface area contributed by atoms with E-state index in [0.717, 1.165) is 52.2 Å². The zero-order valence-electron chi connectivity index (χ0n) is 14.6. The molecule has 138 valence electrons. The molecule has 5 rings (SSSR count). The SMILES string of the molecule is Cc1cccc2sc(N3CCN(c4nc5c(Cl)ccc(Cl)c5s4)CC3)nc12. The van der Waals surface area contributed by atoms with Gasteiger partial charge in [0.2, 0.25) is 0 Å². The molecule has 0 aliphatic carbocycles. The molecule has 0 saturated carbocycles. The van der Waals surface area contributed by atoms with Crippen LogP contribution in [0.2, 0.25) is 10.0 Å². The Morgan fingerprint density at radius 3 is 2.11 bits per heavy atom. The van der Waals surface area contributed by atoms with Crippen molar-refractivity contribution in [3.8, 4) is 0 Å². The van der Waals surface area contributed by atoms with Gasteiger partial charge in [0, 0.05) is 26.2 Å². The van der Waals surface area contributed by atoms with Gasteiger partial charge in [0.1, 0.15) is 5.52 Å². The molecule has 1 aliphatic rings. The second-order valence-electron chi connectivity index (χ2n) is 6.60. The van der Waals surface area contributed by atoms with Gasteiger partial charge >= 0.3 is 0 Å². The largest absolute Gasteiger partial charge is 0.345 e. The number of benzene rings is 2. The van der Waals surface area contributed by atoms with E-state index in [1.807, 2.05) is 12.1 Å². The average Bonchev–Trinajstić information content (AvgIpc) is 3.31. The fraction of sp³-hybridized carbons (Fsp3) is 0.263. The van der Waals surface area contributed by atoms with Crippen molar-refractivity contribution >= 4 is 76.6 Å². The van der Waals surface area contributed by atoms with Crippen LogP contribution in [-0.4, -0.2) is 36.1 Å². The van der Waals surface area contributed by atoms with Crippen LogP contribution >= 0.6 is 45.9 Å². The van der Waals surface area contributed by atoms with E-state index in [-0.39, 0.29) is 0 Å². The molecule has 4 aromatic rings. The molecule has 1 aliphatic heterocycles. The van der Waals surface area contributed by atoms with Gasteiger partial charge < -0.3 is 9.80 Å². The monoisotopic (exact) mass is 434 g/mol. The summed E-state index contributed by atoms with van der Waals surface area (Å²) in [5.41, 5.74) is 3.15. The van der Waals surface area contributed by atoms with E-state index in [1.54, 1.807) is 22.7 Å². The highest BCUT2D eigenvalue weighted by Gasteiger charge is 2.23. The Bertz CT molecular complexity index is 1110. The Hall–Kier alpha value is -1.60. The second kappa shape index (κ2) is 6.78. The van der Waals surface area contributed by atoms with Crippen LogP contribution in [0.15, 0.2) is 30.3 Å². The molecule has 3 heterocycles. The van der Waals surface area contributed by atoms with Crippen molar-refractivity contribution in [2.45, 2.75) is 6.92 Å². The number of thiazole rings is 2. The highest BCUT2D eigenvalue weighted by molar-refractivity contribution is 7.23. The number of halogens is 2. The lowest BCUT2D eigenvalue weighted by Crippen LogP contribution is -2.46. The molecule has 0 atom stereocenters. The number of piperazine rings is 1. The number of aromatic nitrogens is 2. The first-order chi connectivity index (χ1) is 13.1. The van der Waals surface area contributed by atoms with Crippen molar-refractivity contribution < 1.29 is 0 Å². The van der Waals surface area contributed by atoms with Crippen molar-refractivity contribution in [3.05, 3.63) is 45.9 Å². The summed E-state index contributed by atoms with van der Waals surface area (Å²) in [6.45, 7) is 5.79. The zero-order valence-corrected chi connectivity index (χ0v) is 17.7. The summed E-state index contributed by atoms with van der Waals surface area (Å²) < 4.78 is 2.21. The Labute approximate surface area is 175 Å². The van der Waals surface area contributed by atoms with E-state index in [1.165, 1.54) is 10.3 Å². The Balaban J connectivity index is 1.37. The molecular formula is C19H16Cl2N4S2. The minimum atomic E-state index is 0.653. The van der Waals surface area contributed by atoms with Gasteiger partial charge in [-0.25, -0.2) is 9.97 Å². The third kappa shape index (κ3) is 3.05. The third-order valence-corrected chi connectivity index (χ3v) is 7.83. The first-order valence-corrected chi connectivity index (χ1v) is 11.1. The maximum Gasteiger partial charge on any atom is 0.186 e. The van der Waals surface area contributed by atoms with Crippen molar-refractivity contribution in [1.29, 1.82) is 0 Å². The molecule has 1 fully saturated rings. The van der Waals surface area contributed by atoms with Gasteiger partial charge in [-0.2, -0.15) is 0 Å². The third-order valence-electron chi connectivity index (χ3n) is 4.87. The van der Waals surface area contributed by atoms with E-state index in [9.17, 15) is 0 Å². The Morgan fingerprint density at radius 2 is 1.44 bits per heavy atom. The number of nitrogens with zero attached hydrogens (tertiary/aromatic N) is 4. The van der Waals surface area contributed by atoms with Crippen LogP contribution in [0.4, 0.5) is 10.3 Å². The minimum Gasteiger partial charge on any atom is -0.345 e.